The van der Waals surface area contributed by atoms with Crippen LogP contribution in [0.5, 0.6) is 0 Å². The molecule has 0 bridgehead atoms. The third-order valence-corrected chi connectivity index (χ3v) is 2.48. The Bertz CT molecular complexity index is 241. The zero-order valence-corrected chi connectivity index (χ0v) is 7.01. The maximum Gasteiger partial charge on any atom is -0.00728 e. The molecule has 1 saturated carbocycles. The quantitative estimate of drug-likeness (QED) is 0.492. The molecule has 1 atom stereocenters. The maximum atomic E-state index is 2.41. The smallest absolute Gasteiger partial charge is 0.00728 e. The van der Waals surface area contributed by atoms with Gasteiger partial charge in [0.1, 0.15) is 0 Å². The molecule has 0 spiro atoms. The normalized spacial score (nSPS) is 29.0. The third-order valence-electron chi connectivity index (χ3n) is 2.48. The number of allylic oxidation sites excluding steroid dienone is 6. The lowest BCUT2D eigenvalue weighted by Gasteiger charge is -1.99. The molecule has 58 valence electrons. The number of hydrogen-bond donors (Lipinski definition) is 0. The molecule has 2 aliphatic rings. The Balaban J connectivity index is 2.34. The fraction of sp³-hybridized carbons (Fsp3) is 0.455. The highest BCUT2D eigenvalue weighted by Gasteiger charge is 2.14. The van der Waals surface area contributed by atoms with Crippen LogP contribution >= 0.6 is 0 Å². The summed E-state index contributed by atoms with van der Waals surface area (Å²) in [5.41, 5.74) is 3.17. The van der Waals surface area contributed by atoms with Crippen molar-refractivity contribution in [2.24, 2.45) is 5.92 Å². The second kappa shape index (κ2) is 2.69. The van der Waals surface area contributed by atoms with Gasteiger partial charge in [-0.3, -0.25) is 0 Å². The molecule has 11 heavy (non-hydrogen) atoms. The molecular weight excluding hydrogens is 132 g/mol. The van der Waals surface area contributed by atoms with Crippen molar-refractivity contribution in [1.82, 2.24) is 0 Å². The molecule has 0 aromatic carbocycles. The van der Waals surface area contributed by atoms with Gasteiger partial charge in [-0.15, -0.1) is 0 Å². The van der Waals surface area contributed by atoms with Crippen LogP contribution in [0.3, 0.4) is 0 Å². The lowest BCUT2D eigenvalue weighted by molar-refractivity contribution is 0.900. The minimum atomic E-state index is 0.636. The van der Waals surface area contributed by atoms with E-state index in [1.807, 2.05) is 0 Å². The number of rotatable bonds is 0. The van der Waals surface area contributed by atoms with Crippen molar-refractivity contribution in [2.75, 3.05) is 0 Å². The van der Waals surface area contributed by atoms with Gasteiger partial charge >= 0.3 is 0 Å². The summed E-state index contributed by atoms with van der Waals surface area (Å²) >= 11 is 0. The standard InChI is InChI=1S/C11H14/c1-9-4-2-5-10-6-3-7-11(10)8-9/h2,4-5,8-9H,3,6-7H2,1H3. The van der Waals surface area contributed by atoms with E-state index in [0.717, 1.165) is 0 Å². The fourth-order valence-electron chi connectivity index (χ4n) is 1.89. The highest BCUT2D eigenvalue weighted by atomic mass is 14.2. The Morgan fingerprint density at radius 3 is 3.00 bits per heavy atom. The molecule has 0 aromatic heterocycles. The molecule has 0 amide bonds. The lowest BCUT2D eigenvalue weighted by atomic mass is 10.1. The Morgan fingerprint density at radius 1 is 1.27 bits per heavy atom. The van der Waals surface area contributed by atoms with Crippen molar-refractivity contribution in [3.63, 3.8) is 0 Å². The Labute approximate surface area is 68.3 Å². The predicted octanol–water partition coefficient (Wildman–Crippen LogP) is 3.23. The van der Waals surface area contributed by atoms with Gasteiger partial charge in [0, 0.05) is 0 Å². The summed E-state index contributed by atoms with van der Waals surface area (Å²) in [4.78, 5) is 0. The van der Waals surface area contributed by atoms with Crippen molar-refractivity contribution in [1.29, 1.82) is 0 Å². The van der Waals surface area contributed by atoms with Crippen LogP contribution in [0, 0.1) is 5.92 Å². The molecular formula is C11H14. The Kier molecular flexibility index (Phi) is 1.69. The molecule has 0 N–H and O–H groups in total. The van der Waals surface area contributed by atoms with Gasteiger partial charge in [0.2, 0.25) is 0 Å². The molecule has 0 nitrogen and oxygen atoms in total. The second-order valence-electron chi connectivity index (χ2n) is 3.48. The van der Waals surface area contributed by atoms with Crippen LogP contribution in [0.25, 0.3) is 0 Å². The van der Waals surface area contributed by atoms with Gasteiger partial charge in [0.05, 0.1) is 0 Å². The van der Waals surface area contributed by atoms with Crippen LogP contribution in [-0.4, -0.2) is 0 Å². The highest BCUT2D eigenvalue weighted by Crippen LogP contribution is 2.32. The first-order valence-electron chi connectivity index (χ1n) is 4.45. The van der Waals surface area contributed by atoms with Gasteiger partial charge in [0.25, 0.3) is 0 Å². The van der Waals surface area contributed by atoms with Crippen LogP contribution in [0.2, 0.25) is 0 Å². The first kappa shape index (κ1) is 6.90. The van der Waals surface area contributed by atoms with E-state index < -0.39 is 0 Å². The topological polar surface area (TPSA) is 0 Å². The van der Waals surface area contributed by atoms with Gasteiger partial charge < -0.3 is 0 Å². The Hall–Kier alpha value is -0.780. The average Bonchev–Trinajstić information content (AvgIpc) is 2.31. The predicted molar refractivity (Wildman–Crippen MR) is 48.3 cm³/mol. The SMILES string of the molecule is CC1C=CC=C2CCCC2=C1. The largest absolute Gasteiger partial charge is 0.0779 e. The highest BCUT2D eigenvalue weighted by molar-refractivity contribution is 5.40. The van der Waals surface area contributed by atoms with Gasteiger partial charge in [-0.2, -0.15) is 0 Å². The minimum Gasteiger partial charge on any atom is -0.0779 e. The monoisotopic (exact) mass is 146 g/mol. The van der Waals surface area contributed by atoms with Crippen molar-refractivity contribution in [3.05, 3.63) is 35.5 Å². The van der Waals surface area contributed by atoms with Crippen molar-refractivity contribution < 1.29 is 0 Å². The molecule has 0 heterocycles. The van der Waals surface area contributed by atoms with Gasteiger partial charge in [-0.05, 0) is 36.3 Å². The van der Waals surface area contributed by atoms with Crippen LogP contribution in [0.1, 0.15) is 26.2 Å². The van der Waals surface area contributed by atoms with Gasteiger partial charge in [-0.1, -0.05) is 31.2 Å². The van der Waals surface area contributed by atoms with Crippen LogP contribution in [-0.2, 0) is 0 Å². The lowest BCUT2D eigenvalue weighted by Crippen LogP contribution is -1.83. The van der Waals surface area contributed by atoms with Crippen molar-refractivity contribution in [2.45, 2.75) is 26.2 Å². The van der Waals surface area contributed by atoms with Crippen LogP contribution in [0.4, 0.5) is 0 Å². The number of fused-ring (bicyclic) bond motifs is 1. The molecule has 0 radical (unpaired) electrons. The average molecular weight is 146 g/mol. The van der Waals surface area contributed by atoms with Gasteiger partial charge in [-0.25, -0.2) is 0 Å². The van der Waals surface area contributed by atoms with E-state index >= 15 is 0 Å². The molecule has 0 aromatic rings. The van der Waals surface area contributed by atoms with E-state index in [1.54, 1.807) is 11.1 Å². The van der Waals surface area contributed by atoms with E-state index in [2.05, 4.69) is 31.2 Å². The first-order valence-corrected chi connectivity index (χ1v) is 4.45. The molecule has 0 aliphatic heterocycles. The van der Waals surface area contributed by atoms with Gasteiger partial charge in [0.15, 0.2) is 0 Å². The number of hydrogen-bond acceptors (Lipinski definition) is 0. The van der Waals surface area contributed by atoms with Crippen molar-refractivity contribution >= 4 is 0 Å². The summed E-state index contributed by atoms with van der Waals surface area (Å²) in [6.07, 6.45) is 13.1. The van der Waals surface area contributed by atoms with Crippen LogP contribution in [0.15, 0.2) is 35.5 Å². The van der Waals surface area contributed by atoms with Crippen LogP contribution < -0.4 is 0 Å². The molecule has 1 fully saturated rings. The third kappa shape index (κ3) is 1.30. The summed E-state index contributed by atoms with van der Waals surface area (Å²) in [6.45, 7) is 2.25. The van der Waals surface area contributed by atoms with Crippen molar-refractivity contribution in [3.8, 4) is 0 Å². The molecule has 2 rings (SSSR count). The maximum absolute atomic E-state index is 2.41. The Morgan fingerprint density at radius 2 is 2.09 bits per heavy atom. The minimum absolute atomic E-state index is 0.636. The first-order chi connectivity index (χ1) is 5.36. The van der Waals surface area contributed by atoms with E-state index in [9.17, 15) is 0 Å². The summed E-state index contributed by atoms with van der Waals surface area (Å²) in [6, 6.07) is 0. The summed E-state index contributed by atoms with van der Waals surface area (Å²) in [7, 11) is 0. The zero-order chi connectivity index (χ0) is 7.68. The molecule has 2 aliphatic carbocycles. The second-order valence-corrected chi connectivity index (χ2v) is 3.48. The molecule has 0 saturated heterocycles. The van der Waals surface area contributed by atoms with E-state index in [1.165, 1.54) is 19.3 Å². The zero-order valence-electron chi connectivity index (χ0n) is 7.01. The van der Waals surface area contributed by atoms with E-state index in [0.29, 0.717) is 5.92 Å². The summed E-state index contributed by atoms with van der Waals surface area (Å²) in [5.74, 6) is 0.636. The summed E-state index contributed by atoms with van der Waals surface area (Å²) in [5, 5.41) is 0. The molecule has 1 unspecified atom stereocenters. The molecule has 0 heteroatoms. The van der Waals surface area contributed by atoms with E-state index in [4.69, 9.17) is 0 Å². The van der Waals surface area contributed by atoms with E-state index in [-0.39, 0.29) is 0 Å². The fourth-order valence-corrected chi connectivity index (χ4v) is 1.89. The summed E-state index contributed by atoms with van der Waals surface area (Å²) < 4.78 is 0.